The minimum absolute atomic E-state index is 0.242. The number of allylic oxidation sites excluding steroid dienone is 1. The number of hydrogen-bond donors (Lipinski definition) is 1. The Morgan fingerprint density at radius 2 is 1.75 bits per heavy atom. The third kappa shape index (κ3) is 6.55. The highest BCUT2D eigenvalue weighted by Crippen LogP contribution is 2.36. The highest BCUT2D eigenvalue weighted by atomic mass is 16.5. The smallest absolute Gasteiger partial charge is 0.140 e. The molecule has 0 amide bonds. The molecule has 1 saturated carbocycles. The van der Waals surface area contributed by atoms with Crippen LogP contribution in [-0.4, -0.2) is 43.4 Å². The lowest BCUT2D eigenvalue weighted by Crippen LogP contribution is -2.42. The van der Waals surface area contributed by atoms with Crippen molar-refractivity contribution in [2.45, 2.75) is 53.1 Å². The Morgan fingerprint density at radius 3 is 2.40 bits per heavy atom. The molecule has 1 heterocycles. The molecule has 0 spiro atoms. The Bertz CT molecular complexity index is 1450. The first-order valence-corrected chi connectivity index (χ1v) is 14.2. The van der Waals surface area contributed by atoms with Crippen LogP contribution in [0.5, 0.6) is 17.2 Å². The molecular weight excluding hydrogens is 496 g/mol. The van der Waals surface area contributed by atoms with E-state index in [1.54, 1.807) is 6.07 Å². The van der Waals surface area contributed by atoms with E-state index < -0.39 is 0 Å². The fourth-order valence-electron chi connectivity index (χ4n) is 4.90. The molecule has 40 heavy (non-hydrogen) atoms. The lowest BCUT2D eigenvalue weighted by molar-refractivity contribution is 0.294. The molecule has 3 aromatic rings. The zero-order valence-corrected chi connectivity index (χ0v) is 24.0. The van der Waals surface area contributed by atoms with Crippen molar-refractivity contribution in [1.29, 1.82) is 5.26 Å². The fourth-order valence-corrected chi connectivity index (χ4v) is 4.90. The Labute approximate surface area is 238 Å². The summed E-state index contributed by atoms with van der Waals surface area (Å²) in [4.78, 5) is 7.29. The van der Waals surface area contributed by atoms with Gasteiger partial charge in [0, 0.05) is 38.5 Å². The maximum atomic E-state index is 9.73. The monoisotopic (exact) mass is 534 g/mol. The van der Waals surface area contributed by atoms with Crippen LogP contribution in [0.15, 0.2) is 71.0 Å². The predicted molar refractivity (Wildman–Crippen MR) is 161 cm³/mol. The van der Waals surface area contributed by atoms with E-state index in [-0.39, 0.29) is 6.10 Å². The van der Waals surface area contributed by atoms with Gasteiger partial charge in [0.25, 0.3) is 0 Å². The maximum absolute atomic E-state index is 9.73. The van der Waals surface area contributed by atoms with E-state index in [0.717, 1.165) is 79.3 Å². The number of aryl methyl sites for hydroxylation is 2. The van der Waals surface area contributed by atoms with Crippen molar-refractivity contribution >= 4 is 6.21 Å². The SMILES string of the molecule is CCc1cc(Oc2ccc(-c3ccc(C)c(/C=N\C(=C(C)C)N4CCNCC4)c3)cc2)cc(C#N)c1OC1CC1. The van der Waals surface area contributed by atoms with Crippen molar-refractivity contribution < 1.29 is 9.47 Å². The highest BCUT2D eigenvalue weighted by Gasteiger charge is 2.26. The molecule has 1 aliphatic heterocycles. The van der Waals surface area contributed by atoms with Crippen LogP contribution in [-0.2, 0) is 6.42 Å². The summed E-state index contributed by atoms with van der Waals surface area (Å²) in [6.07, 6.45) is 5.12. The van der Waals surface area contributed by atoms with Crippen molar-refractivity contribution in [2.75, 3.05) is 26.2 Å². The van der Waals surface area contributed by atoms with E-state index in [0.29, 0.717) is 17.1 Å². The normalized spacial score (nSPS) is 15.1. The van der Waals surface area contributed by atoms with E-state index in [2.05, 4.69) is 74.3 Å². The third-order valence-electron chi connectivity index (χ3n) is 7.34. The van der Waals surface area contributed by atoms with E-state index in [1.807, 2.05) is 24.4 Å². The molecule has 1 N–H and O–H groups in total. The minimum atomic E-state index is 0.242. The van der Waals surface area contributed by atoms with Crippen molar-refractivity contribution in [1.82, 2.24) is 10.2 Å². The minimum Gasteiger partial charge on any atom is -0.489 e. The first kappa shape index (κ1) is 27.5. The standard InChI is InChI=1S/C34H38N4O2/c1-5-25-19-32(20-28(21-35)33(25)40-31-12-13-31)39-30-10-8-26(9-11-30)27-7-6-24(4)29(18-27)22-37-34(23(2)3)38-16-14-36-15-17-38/h6-11,18-20,22,31,36H,5,12-17H2,1-4H3/b37-22-. The Hall–Kier alpha value is -4.08. The summed E-state index contributed by atoms with van der Waals surface area (Å²) in [6.45, 7) is 12.4. The number of piperazine rings is 1. The van der Waals surface area contributed by atoms with Gasteiger partial charge in [-0.15, -0.1) is 0 Å². The quantitative estimate of drug-likeness (QED) is 0.299. The Morgan fingerprint density at radius 1 is 1.02 bits per heavy atom. The maximum Gasteiger partial charge on any atom is 0.140 e. The molecule has 0 aromatic heterocycles. The average Bonchev–Trinajstić information content (AvgIpc) is 3.79. The second kappa shape index (κ2) is 12.4. The summed E-state index contributed by atoms with van der Waals surface area (Å²) in [5.41, 5.74) is 7.28. The first-order valence-electron chi connectivity index (χ1n) is 14.2. The van der Waals surface area contributed by atoms with Crippen molar-refractivity contribution in [3.8, 4) is 34.4 Å². The average molecular weight is 535 g/mol. The van der Waals surface area contributed by atoms with Crippen LogP contribution in [0.25, 0.3) is 11.1 Å². The van der Waals surface area contributed by atoms with Crippen LogP contribution in [0.2, 0.25) is 0 Å². The van der Waals surface area contributed by atoms with E-state index in [1.165, 1.54) is 11.1 Å². The molecule has 6 nitrogen and oxygen atoms in total. The van der Waals surface area contributed by atoms with Gasteiger partial charge >= 0.3 is 0 Å². The van der Waals surface area contributed by atoms with Crippen molar-refractivity contribution in [2.24, 2.45) is 4.99 Å². The summed E-state index contributed by atoms with van der Waals surface area (Å²) in [7, 11) is 0. The van der Waals surface area contributed by atoms with E-state index >= 15 is 0 Å². The van der Waals surface area contributed by atoms with Gasteiger partial charge in [-0.3, -0.25) is 0 Å². The number of benzene rings is 3. The molecule has 5 rings (SSSR count). The van der Waals surface area contributed by atoms with Gasteiger partial charge in [0.2, 0.25) is 0 Å². The summed E-state index contributed by atoms with van der Waals surface area (Å²) < 4.78 is 12.2. The zero-order chi connectivity index (χ0) is 28.1. The number of nitriles is 1. The molecule has 2 fully saturated rings. The number of nitrogens with one attached hydrogen (secondary N) is 1. The Kier molecular flexibility index (Phi) is 8.52. The molecular formula is C34H38N4O2. The summed E-state index contributed by atoms with van der Waals surface area (Å²) in [5.74, 6) is 3.14. The molecule has 0 bridgehead atoms. The molecule has 0 atom stereocenters. The molecule has 2 aliphatic rings. The predicted octanol–water partition coefficient (Wildman–Crippen LogP) is 7.01. The molecule has 3 aromatic carbocycles. The van der Waals surface area contributed by atoms with Gasteiger partial charge in [0.15, 0.2) is 0 Å². The van der Waals surface area contributed by atoms with Gasteiger partial charge in [0.1, 0.15) is 29.1 Å². The lowest BCUT2D eigenvalue weighted by Gasteiger charge is -2.30. The largest absolute Gasteiger partial charge is 0.489 e. The van der Waals surface area contributed by atoms with Crippen LogP contribution < -0.4 is 14.8 Å². The van der Waals surface area contributed by atoms with Crippen LogP contribution >= 0.6 is 0 Å². The van der Waals surface area contributed by atoms with Crippen LogP contribution in [0.1, 0.15) is 55.9 Å². The van der Waals surface area contributed by atoms with Crippen LogP contribution in [0.4, 0.5) is 0 Å². The van der Waals surface area contributed by atoms with Gasteiger partial charge in [0.05, 0.1) is 11.7 Å². The third-order valence-corrected chi connectivity index (χ3v) is 7.34. The zero-order valence-electron chi connectivity index (χ0n) is 24.0. The first-order chi connectivity index (χ1) is 19.4. The molecule has 6 heteroatoms. The van der Waals surface area contributed by atoms with Gasteiger partial charge in [-0.2, -0.15) is 5.26 Å². The highest BCUT2D eigenvalue weighted by molar-refractivity contribution is 5.85. The topological polar surface area (TPSA) is 69.9 Å². The molecule has 0 unspecified atom stereocenters. The summed E-state index contributed by atoms with van der Waals surface area (Å²) in [5, 5.41) is 13.1. The van der Waals surface area contributed by atoms with Gasteiger partial charge in [-0.1, -0.05) is 31.2 Å². The van der Waals surface area contributed by atoms with E-state index in [9.17, 15) is 5.26 Å². The number of nitrogens with zero attached hydrogens (tertiary/aromatic N) is 3. The second-order valence-electron chi connectivity index (χ2n) is 10.8. The van der Waals surface area contributed by atoms with E-state index in [4.69, 9.17) is 14.5 Å². The lowest BCUT2D eigenvalue weighted by atomic mass is 10.00. The van der Waals surface area contributed by atoms with Crippen molar-refractivity contribution in [3.63, 3.8) is 0 Å². The fraction of sp³-hybridized carbons (Fsp3) is 0.353. The molecule has 1 saturated heterocycles. The number of aliphatic imine (C=N–C) groups is 1. The molecule has 206 valence electrons. The van der Waals surface area contributed by atoms with Gasteiger partial charge in [-0.05, 0) is 97.7 Å². The number of hydrogen-bond acceptors (Lipinski definition) is 6. The number of ether oxygens (including phenoxy) is 2. The molecule has 0 radical (unpaired) electrons. The molecule has 1 aliphatic carbocycles. The summed E-state index contributed by atoms with van der Waals surface area (Å²) >= 11 is 0. The number of rotatable bonds is 9. The van der Waals surface area contributed by atoms with Gasteiger partial charge in [-0.25, -0.2) is 4.99 Å². The van der Waals surface area contributed by atoms with Crippen LogP contribution in [0, 0.1) is 18.3 Å². The second-order valence-corrected chi connectivity index (χ2v) is 10.8. The summed E-state index contributed by atoms with van der Waals surface area (Å²) in [6, 6.07) is 20.6. The van der Waals surface area contributed by atoms with Crippen molar-refractivity contribution in [3.05, 3.63) is 88.2 Å². The van der Waals surface area contributed by atoms with Crippen LogP contribution in [0.3, 0.4) is 0 Å². The van der Waals surface area contributed by atoms with Gasteiger partial charge < -0.3 is 19.7 Å². The Balaban J connectivity index is 1.33.